The van der Waals surface area contributed by atoms with Gasteiger partial charge in [0.1, 0.15) is 29.4 Å². The molecule has 3 rings (SSSR count). The van der Waals surface area contributed by atoms with Crippen molar-refractivity contribution >= 4 is 11.6 Å². The van der Waals surface area contributed by atoms with Crippen molar-refractivity contribution in [1.29, 1.82) is 5.26 Å². The molecule has 1 aliphatic heterocycles. The fourth-order valence-electron chi connectivity index (χ4n) is 3.40. The number of carbonyl (C=O) groups is 1. The Morgan fingerprint density at radius 1 is 1.32 bits per heavy atom. The molecule has 2 heterocycles. The smallest absolute Gasteiger partial charge is 0.369 e. The van der Waals surface area contributed by atoms with Gasteiger partial charge in [0.25, 0.3) is 5.91 Å². The summed E-state index contributed by atoms with van der Waals surface area (Å²) in [5.74, 6) is -2.94. The Balaban J connectivity index is 2.22. The van der Waals surface area contributed by atoms with E-state index in [1.807, 2.05) is 11.4 Å². The summed E-state index contributed by atoms with van der Waals surface area (Å²) >= 11 is 0. The van der Waals surface area contributed by atoms with Crippen LogP contribution in [0.15, 0.2) is 24.4 Å². The third-order valence-corrected chi connectivity index (χ3v) is 4.93. The summed E-state index contributed by atoms with van der Waals surface area (Å²) in [6.07, 6.45) is -3.18. The Hall–Kier alpha value is -3.26. The minimum atomic E-state index is -4.68. The number of nitrogens with two attached hydrogens (primary N) is 1. The summed E-state index contributed by atoms with van der Waals surface area (Å²) < 4.78 is 66.6. The first-order chi connectivity index (χ1) is 14.5. The summed E-state index contributed by atoms with van der Waals surface area (Å²) in [6, 6.07) is 1.92. The lowest BCUT2D eigenvalue weighted by atomic mass is 9.97. The molecule has 0 aliphatic carbocycles. The first-order valence-electron chi connectivity index (χ1n) is 9.29. The number of nitrogens with zero attached hydrogens (tertiary/aromatic N) is 3. The fourth-order valence-corrected chi connectivity index (χ4v) is 3.40. The number of benzene rings is 1. The molecule has 3 N–H and O–H groups in total. The van der Waals surface area contributed by atoms with E-state index in [1.165, 1.54) is 0 Å². The zero-order valence-electron chi connectivity index (χ0n) is 16.3. The van der Waals surface area contributed by atoms with E-state index in [1.54, 1.807) is 4.90 Å². The third-order valence-electron chi connectivity index (χ3n) is 4.93. The van der Waals surface area contributed by atoms with E-state index in [4.69, 9.17) is 5.73 Å². The summed E-state index contributed by atoms with van der Waals surface area (Å²) in [4.78, 5) is 18.2. The van der Waals surface area contributed by atoms with E-state index >= 15 is 0 Å². The van der Waals surface area contributed by atoms with Gasteiger partial charge >= 0.3 is 6.18 Å². The number of nitriles is 1. The number of anilines is 1. The number of aromatic nitrogens is 1. The average Bonchev–Trinajstić information content (AvgIpc) is 3.11. The third kappa shape index (κ3) is 4.74. The Morgan fingerprint density at radius 2 is 1.97 bits per heavy atom. The summed E-state index contributed by atoms with van der Waals surface area (Å²) in [6.45, 7) is 1.34. The average molecular weight is 439 g/mol. The predicted octanol–water partition coefficient (Wildman–Crippen LogP) is 3.12. The number of hydrogen-bond acceptors (Lipinski definition) is 5. The second-order valence-corrected chi connectivity index (χ2v) is 7.25. The molecule has 0 saturated carbocycles. The molecule has 2 aromatic rings. The monoisotopic (exact) mass is 439 g/mol. The lowest BCUT2D eigenvalue weighted by Crippen LogP contribution is -2.43. The van der Waals surface area contributed by atoms with Gasteiger partial charge in [-0.15, -0.1) is 0 Å². The molecular weight excluding hydrogens is 421 g/mol. The molecule has 1 aromatic heterocycles. The molecule has 31 heavy (non-hydrogen) atoms. The topological polar surface area (TPSA) is 95.0 Å². The maximum atomic E-state index is 13.9. The van der Waals surface area contributed by atoms with E-state index in [9.17, 15) is 32.0 Å². The molecule has 1 fully saturated rings. The maximum Gasteiger partial charge on any atom is 0.408 e. The van der Waals surface area contributed by atoms with Crippen LogP contribution in [0.1, 0.15) is 29.4 Å². The minimum Gasteiger partial charge on any atom is -0.369 e. The van der Waals surface area contributed by atoms with Crippen molar-refractivity contribution in [3.63, 3.8) is 0 Å². The largest absolute Gasteiger partial charge is 0.408 e. The highest BCUT2D eigenvalue weighted by atomic mass is 19.4. The van der Waals surface area contributed by atoms with Crippen molar-refractivity contribution in [2.24, 2.45) is 5.73 Å². The Morgan fingerprint density at radius 3 is 2.48 bits per heavy atom. The molecule has 0 bridgehead atoms. The number of nitrogens with one attached hydrogen (secondary N) is 1. The van der Waals surface area contributed by atoms with Crippen LogP contribution in [-0.2, 0) is 0 Å². The zero-order chi connectivity index (χ0) is 22.9. The van der Waals surface area contributed by atoms with E-state index in [0.717, 1.165) is 25.3 Å². The lowest BCUT2D eigenvalue weighted by molar-refractivity contribution is -0.149. The van der Waals surface area contributed by atoms with Crippen molar-refractivity contribution in [2.75, 3.05) is 18.0 Å². The van der Waals surface area contributed by atoms with Gasteiger partial charge < -0.3 is 16.0 Å². The van der Waals surface area contributed by atoms with Gasteiger partial charge in [0.05, 0.1) is 11.3 Å². The van der Waals surface area contributed by atoms with E-state index in [2.05, 4.69) is 4.98 Å². The normalized spacial score (nSPS) is 17.4. The van der Waals surface area contributed by atoms with Gasteiger partial charge in [0, 0.05) is 37.0 Å². The van der Waals surface area contributed by atoms with Gasteiger partial charge in [-0.1, -0.05) is 0 Å². The lowest BCUT2D eigenvalue weighted by Gasteiger charge is -2.26. The van der Waals surface area contributed by atoms with Crippen LogP contribution in [0.5, 0.6) is 0 Å². The number of pyridine rings is 1. The zero-order valence-corrected chi connectivity index (χ0v) is 16.3. The van der Waals surface area contributed by atoms with Gasteiger partial charge in [-0.25, -0.2) is 13.8 Å². The maximum absolute atomic E-state index is 13.9. The molecule has 11 heteroatoms. The number of rotatable bonds is 4. The molecule has 0 spiro atoms. The van der Waals surface area contributed by atoms with Gasteiger partial charge in [-0.2, -0.15) is 18.4 Å². The van der Waals surface area contributed by atoms with Crippen LogP contribution in [0.3, 0.4) is 0 Å². The van der Waals surface area contributed by atoms with Crippen molar-refractivity contribution in [1.82, 2.24) is 10.3 Å². The Labute approximate surface area is 174 Å². The molecular formula is C20H18F5N5O. The van der Waals surface area contributed by atoms with Crippen molar-refractivity contribution < 1.29 is 26.7 Å². The van der Waals surface area contributed by atoms with Crippen LogP contribution in [-0.4, -0.2) is 42.2 Å². The van der Waals surface area contributed by atoms with Crippen molar-refractivity contribution in [3.05, 3.63) is 47.3 Å². The number of carbonyl (C=O) groups excluding carboxylic acids is 1. The molecule has 164 valence electrons. The van der Waals surface area contributed by atoms with Crippen molar-refractivity contribution in [3.8, 4) is 17.2 Å². The molecule has 2 atom stereocenters. The Kier molecular flexibility index (Phi) is 6.13. The van der Waals surface area contributed by atoms with Crippen molar-refractivity contribution in [2.45, 2.75) is 31.6 Å². The highest BCUT2D eigenvalue weighted by Gasteiger charge is 2.38. The van der Waals surface area contributed by atoms with Gasteiger partial charge in [0.15, 0.2) is 0 Å². The number of alkyl halides is 3. The fraction of sp³-hybridized carbons (Fsp3) is 0.350. The van der Waals surface area contributed by atoms with Crippen LogP contribution in [0.4, 0.5) is 27.6 Å². The minimum absolute atomic E-state index is 0.0522. The van der Waals surface area contributed by atoms with E-state index in [0.29, 0.717) is 19.0 Å². The molecule has 1 aromatic carbocycles. The van der Waals surface area contributed by atoms with Gasteiger partial charge in [-0.3, -0.25) is 4.79 Å². The highest BCUT2D eigenvalue weighted by Crippen LogP contribution is 2.38. The molecule has 0 radical (unpaired) electrons. The standard InChI is InChI=1S/C20H18F5N5O/c1-10(20(23,24)25)29-19(31)15-8-28-16(7-26)17(11-4-12(21)6-13(22)5-11)18(15)30-3-2-14(27)9-30/h4-6,8,10,14H,2-3,9,27H2,1H3,(H,29,31). The second-order valence-electron chi connectivity index (χ2n) is 7.25. The molecule has 6 nitrogen and oxygen atoms in total. The van der Waals surface area contributed by atoms with Gasteiger partial charge in [0.2, 0.25) is 0 Å². The molecule has 2 unspecified atom stereocenters. The summed E-state index contributed by atoms with van der Waals surface area (Å²) in [7, 11) is 0. The van der Waals surface area contributed by atoms with Crippen LogP contribution in [0.25, 0.3) is 11.1 Å². The van der Waals surface area contributed by atoms with E-state index < -0.39 is 29.8 Å². The number of hydrogen-bond donors (Lipinski definition) is 2. The van der Waals surface area contributed by atoms with E-state index in [-0.39, 0.29) is 40.7 Å². The van der Waals surface area contributed by atoms with Crippen LogP contribution >= 0.6 is 0 Å². The summed E-state index contributed by atoms with van der Waals surface area (Å²) in [5, 5.41) is 11.4. The number of halogens is 5. The second kappa shape index (κ2) is 8.47. The summed E-state index contributed by atoms with van der Waals surface area (Å²) in [5.41, 5.74) is 5.37. The first-order valence-corrected chi connectivity index (χ1v) is 9.29. The first kappa shape index (κ1) is 22.4. The Bertz CT molecular complexity index is 1030. The van der Waals surface area contributed by atoms with Crippen LogP contribution < -0.4 is 16.0 Å². The molecule has 1 amide bonds. The molecule has 1 saturated heterocycles. The SMILES string of the molecule is CC(NC(=O)c1cnc(C#N)c(-c2cc(F)cc(F)c2)c1N1CCC(N)C1)C(F)(F)F. The number of amides is 1. The van der Waals surface area contributed by atoms with Crippen LogP contribution in [0, 0.1) is 23.0 Å². The molecule has 1 aliphatic rings. The predicted molar refractivity (Wildman–Crippen MR) is 102 cm³/mol. The highest BCUT2D eigenvalue weighted by molar-refractivity contribution is 6.04. The quantitative estimate of drug-likeness (QED) is 0.714. The van der Waals surface area contributed by atoms with Gasteiger partial charge in [-0.05, 0) is 31.0 Å². The van der Waals surface area contributed by atoms with Crippen LogP contribution in [0.2, 0.25) is 0 Å².